The number of nitrogens with zero attached hydrogens (tertiary/aromatic N) is 3. The standard InChI is InChI=1S/C39H51F2N5O6/c1-6-26(4)34(22-43-38(48)29-11-15-31(41)16-12-29)44-39(49)33(25(2)3)21-36(47)35(45-46-42)24-51-23-27-8-17-32(28-9-13-30(40)14-10-28)37(20-27)52-19-7-18-50-5/h8-17,20,25-26,33-36,47H,6-7,18-19,21-24H2,1-5H3,(H,43,48)(H,44,49)/t26-,33-,34+,35-,36-/m0/s1. The van der Waals surface area contributed by atoms with Crippen molar-refractivity contribution in [1.82, 2.24) is 10.6 Å². The van der Waals surface area contributed by atoms with Crippen LogP contribution in [0.3, 0.4) is 0 Å². The van der Waals surface area contributed by atoms with Crippen LogP contribution in [0, 0.1) is 29.4 Å². The summed E-state index contributed by atoms with van der Waals surface area (Å²) in [5.41, 5.74) is 11.9. The van der Waals surface area contributed by atoms with Crippen LogP contribution >= 0.6 is 0 Å². The highest BCUT2D eigenvalue weighted by Crippen LogP contribution is 2.32. The van der Waals surface area contributed by atoms with Gasteiger partial charge in [0, 0.05) is 54.7 Å². The van der Waals surface area contributed by atoms with E-state index in [2.05, 4.69) is 20.7 Å². The maximum absolute atomic E-state index is 13.6. The van der Waals surface area contributed by atoms with Crippen LogP contribution < -0.4 is 15.4 Å². The summed E-state index contributed by atoms with van der Waals surface area (Å²) in [5, 5.41) is 20.9. The molecule has 0 spiro atoms. The van der Waals surface area contributed by atoms with Crippen molar-refractivity contribution in [2.24, 2.45) is 22.9 Å². The molecule has 0 bridgehead atoms. The Morgan fingerprint density at radius 2 is 1.65 bits per heavy atom. The summed E-state index contributed by atoms with van der Waals surface area (Å²) in [7, 11) is 1.62. The van der Waals surface area contributed by atoms with Gasteiger partial charge in [-0.3, -0.25) is 9.59 Å². The van der Waals surface area contributed by atoms with Gasteiger partial charge in [0.2, 0.25) is 5.91 Å². The van der Waals surface area contributed by atoms with Crippen LogP contribution in [0.5, 0.6) is 5.75 Å². The Kier molecular flexibility index (Phi) is 17.5. The minimum atomic E-state index is -1.19. The number of amides is 2. The molecule has 0 aliphatic heterocycles. The van der Waals surface area contributed by atoms with E-state index in [1.165, 1.54) is 36.4 Å². The Morgan fingerprint density at radius 3 is 2.27 bits per heavy atom. The van der Waals surface area contributed by atoms with Crippen LogP contribution in [0.15, 0.2) is 71.8 Å². The lowest BCUT2D eigenvalue weighted by molar-refractivity contribution is -0.128. The van der Waals surface area contributed by atoms with Gasteiger partial charge in [-0.25, -0.2) is 8.78 Å². The molecule has 3 aromatic carbocycles. The van der Waals surface area contributed by atoms with Crippen molar-refractivity contribution in [3.05, 3.63) is 99.9 Å². The van der Waals surface area contributed by atoms with Gasteiger partial charge in [0.1, 0.15) is 17.4 Å². The zero-order valence-electron chi connectivity index (χ0n) is 30.6. The molecule has 11 nitrogen and oxygen atoms in total. The molecule has 0 saturated heterocycles. The van der Waals surface area contributed by atoms with Crippen LogP contribution in [-0.4, -0.2) is 68.6 Å². The Morgan fingerprint density at radius 1 is 0.981 bits per heavy atom. The first-order valence-electron chi connectivity index (χ1n) is 17.6. The number of ether oxygens (including phenoxy) is 3. The average molecular weight is 724 g/mol. The van der Waals surface area contributed by atoms with Crippen molar-refractivity contribution in [3.8, 4) is 16.9 Å². The number of rotatable bonds is 22. The number of carbonyl (C=O) groups is 2. The second-order valence-corrected chi connectivity index (χ2v) is 13.2. The SMILES string of the molecule is CC[C@H](C)[C@@H](CNC(=O)c1ccc(F)cc1)NC(=O)[C@@H](C[C@H](O)[C@H](COCc1ccc(-c2ccc(F)cc2)c(OCCCOC)c1)N=[N+]=[N-])C(C)C. The van der Waals surface area contributed by atoms with E-state index in [9.17, 15) is 29.0 Å². The van der Waals surface area contributed by atoms with Gasteiger partial charge in [-0.05, 0) is 77.4 Å². The smallest absolute Gasteiger partial charge is 0.251 e. The van der Waals surface area contributed by atoms with E-state index in [-0.39, 0.29) is 55.6 Å². The maximum atomic E-state index is 13.6. The summed E-state index contributed by atoms with van der Waals surface area (Å²) in [5.74, 6) is -1.67. The molecule has 3 rings (SSSR count). The van der Waals surface area contributed by atoms with Crippen molar-refractivity contribution in [2.75, 3.05) is 33.5 Å². The third kappa shape index (κ3) is 13.2. The van der Waals surface area contributed by atoms with E-state index in [1.807, 2.05) is 45.9 Å². The molecule has 0 aliphatic rings. The first-order chi connectivity index (χ1) is 25.0. The molecular weight excluding hydrogens is 672 g/mol. The van der Waals surface area contributed by atoms with Crippen LogP contribution in [0.2, 0.25) is 0 Å². The summed E-state index contributed by atoms with van der Waals surface area (Å²) < 4.78 is 44.0. The van der Waals surface area contributed by atoms with Crippen LogP contribution in [0.4, 0.5) is 8.78 Å². The molecule has 0 heterocycles. The Labute approximate surface area is 304 Å². The van der Waals surface area contributed by atoms with Gasteiger partial charge in [-0.1, -0.05) is 63.5 Å². The zero-order valence-corrected chi connectivity index (χ0v) is 30.6. The predicted octanol–water partition coefficient (Wildman–Crippen LogP) is 7.23. The second kappa shape index (κ2) is 21.7. The second-order valence-electron chi connectivity index (χ2n) is 13.2. The number of aliphatic hydroxyl groups excluding tert-OH is 1. The van der Waals surface area contributed by atoms with E-state index >= 15 is 0 Å². The summed E-state index contributed by atoms with van der Waals surface area (Å²) in [4.78, 5) is 29.2. The number of benzene rings is 3. The molecular formula is C39H51F2N5O6. The van der Waals surface area contributed by atoms with E-state index in [1.54, 1.807) is 19.2 Å². The highest BCUT2D eigenvalue weighted by Gasteiger charge is 2.31. The molecule has 52 heavy (non-hydrogen) atoms. The van der Waals surface area contributed by atoms with Crippen LogP contribution in [0.1, 0.15) is 62.9 Å². The zero-order chi connectivity index (χ0) is 38.0. The first kappa shape index (κ1) is 41.9. The fourth-order valence-corrected chi connectivity index (χ4v) is 5.59. The number of carbonyl (C=O) groups excluding carboxylic acids is 2. The van der Waals surface area contributed by atoms with Gasteiger partial charge < -0.3 is 30.0 Å². The van der Waals surface area contributed by atoms with Crippen LogP contribution in [-0.2, 0) is 20.9 Å². The minimum Gasteiger partial charge on any atom is -0.493 e. The molecule has 0 unspecified atom stereocenters. The maximum Gasteiger partial charge on any atom is 0.251 e. The molecule has 282 valence electrons. The van der Waals surface area contributed by atoms with E-state index in [0.717, 1.165) is 23.1 Å². The van der Waals surface area contributed by atoms with Crippen molar-refractivity contribution >= 4 is 11.8 Å². The molecule has 0 saturated carbocycles. The topological polar surface area (TPSA) is 155 Å². The van der Waals surface area contributed by atoms with E-state index < -0.39 is 29.9 Å². The number of nitrogens with one attached hydrogen (secondary N) is 2. The Hall–Kier alpha value is -4.55. The summed E-state index contributed by atoms with van der Waals surface area (Å²) >= 11 is 0. The van der Waals surface area contributed by atoms with Crippen molar-refractivity contribution in [1.29, 1.82) is 0 Å². The van der Waals surface area contributed by atoms with E-state index in [0.29, 0.717) is 30.9 Å². The molecule has 13 heteroatoms. The predicted molar refractivity (Wildman–Crippen MR) is 195 cm³/mol. The van der Waals surface area contributed by atoms with Gasteiger partial charge in [0.15, 0.2) is 0 Å². The van der Waals surface area contributed by atoms with Gasteiger partial charge in [0.25, 0.3) is 5.91 Å². The van der Waals surface area contributed by atoms with E-state index in [4.69, 9.17) is 14.2 Å². The van der Waals surface area contributed by atoms with Gasteiger partial charge in [-0.15, -0.1) is 0 Å². The number of azide groups is 1. The average Bonchev–Trinajstić information content (AvgIpc) is 3.13. The fraction of sp³-hybridized carbons (Fsp3) is 0.487. The number of hydrogen-bond donors (Lipinski definition) is 3. The lowest BCUT2D eigenvalue weighted by Gasteiger charge is -2.30. The Balaban J connectivity index is 1.65. The highest BCUT2D eigenvalue weighted by molar-refractivity contribution is 5.94. The number of methoxy groups -OCH3 is 1. The molecule has 2 amide bonds. The molecule has 0 aliphatic carbocycles. The lowest BCUT2D eigenvalue weighted by Crippen LogP contribution is -2.50. The normalized spacial score (nSPS) is 14.1. The van der Waals surface area contributed by atoms with Gasteiger partial charge >= 0.3 is 0 Å². The summed E-state index contributed by atoms with van der Waals surface area (Å²) in [6.07, 6.45) is 0.235. The third-order valence-electron chi connectivity index (χ3n) is 9.04. The molecule has 0 radical (unpaired) electrons. The van der Waals surface area contributed by atoms with Gasteiger partial charge in [0.05, 0.1) is 32.0 Å². The molecule has 0 aromatic heterocycles. The Bertz CT molecular complexity index is 1600. The fourth-order valence-electron chi connectivity index (χ4n) is 5.59. The molecule has 3 aromatic rings. The lowest BCUT2D eigenvalue weighted by atomic mass is 9.86. The third-order valence-corrected chi connectivity index (χ3v) is 9.04. The number of halogens is 2. The molecule has 0 fully saturated rings. The van der Waals surface area contributed by atoms with Crippen molar-refractivity contribution < 1.29 is 37.7 Å². The quantitative estimate of drug-likeness (QED) is 0.0430. The highest BCUT2D eigenvalue weighted by atomic mass is 19.1. The molecule has 3 N–H and O–H groups in total. The van der Waals surface area contributed by atoms with Crippen molar-refractivity contribution in [2.45, 2.75) is 71.8 Å². The first-order valence-corrected chi connectivity index (χ1v) is 17.6. The molecule has 5 atom stereocenters. The van der Waals surface area contributed by atoms with Crippen molar-refractivity contribution in [3.63, 3.8) is 0 Å². The summed E-state index contributed by atoms with van der Waals surface area (Å²) in [6.45, 7) is 8.81. The van der Waals surface area contributed by atoms with Crippen LogP contribution in [0.25, 0.3) is 21.6 Å². The minimum absolute atomic E-state index is 0.0114. The number of aliphatic hydroxyl groups is 1. The largest absolute Gasteiger partial charge is 0.493 e. The monoisotopic (exact) mass is 723 g/mol. The summed E-state index contributed by atoms with van der Waals surface area (Å²) in [6, 6.07) is 15.5. The number of hydrogen-bond acceptors (Lipinski definition) is 7. The van der Waals surface area contributed by atoms with Gasteiger partial charge in [-0.2, -0.15) is 0 Å².